The molecule has 2 aromatic rings. The number of hydrogen-bond donors (Lipinski definition) is 1. The Bertz CT molecular complexity index is 695. The monoisotopic (exact) mass is 316 g/mol. The number of nitrogens with zero attached hydrogens (tertiary/aromatic N) is 3. The molecule has 1 heterocycles. The molecule has 0 aliphatic carbocycles. The molecule has 0 radical (unpaired) electrons. The van der Waals surface area contributed by atoms with E-state index in [1.807, 2.05) is 44.2 Å². The van der Waals surface area contributed by atoms with Crippen LogP contribution in [0.1, 0.15) is 31.3 Å². The van der Waals surface area contributed by atoms with Crippen LogP contribution in [0.4, 0.5) is 5.82 Å². The quantitative estimate of drug-likeness (QED) is 0.648. The summed E-state index contributed by atoms with van der Waals surface area (Å²) in [6, 6.07) is 8.66. The molecular formula is C16H20N4O3. The number of aromatic nitrogens is 3. The van der Waals surface area contributed by atoms with Gasteiger partial charge in [-0.3, -0.25) is 4.79 Å². The summed E-state index contributed by atoms with van der Waals surface area (Å²) >= 11 is 0. The molecule has 1 aromatic heterocycles. The minimum Gasteiger partial charge on any atom is -0.467 e. The van der Waals surface area contributed by atoms with E-state index < -0.39 is 12.0 Å². The van der Waals surface area contributed by atoms with Gasteiger partial charge in [0.2, 0.25) is 0 Å². The van der Waals surface area contributed by atoms with Gasteiger partial charge < -0.3 is 10.1 Å². The van der Waals surface area contributed by atoms with Crippen molar-refractivity contribution in [2.24, 2.45) is 5.92 Å². The number of hydrogen-bond acceptors (Lipinski definition) is 6. The van der Waals surface area contributed by atoms with Gasteiger partial charge in [0.05, 0.1) is 12.8 Å². The van der Waals surface area contributed by atoms with Crippen molar-refractivity contribution in [2.75, 3.05) is 12.4 Å². The van der Waals surface area contributed by atoms with Crippen molar-refractivity contribution in [3.8, 4) is 5.69 Å². The van der Waals surface area contributed by atoms with Gasteiger partial charge in [-0.15, -0.1) is 5.10 Å². The Labute approximate surface area is 134 Å². The number of methoxy groups -OCH3 is 1. The highest BCUT2D eigenvalue weighted by molar-refractivity contribution is 5.97. The van der Waals surface area contributed by atoms with E-state index in [2.05, 4.69) is 15.6 Å². The summed E-state index contributed by atoms with van der Waals surface area (Å²) in [5.74, 6) is -0.299. The van der Waals surface area contributed by atoms with E-state index >= 15 is 0 Å². The second kappa shape index (κ2) is 7.04. The number of carbonyl (C=O) groups is 2. The number of esters is 1. The van der Waals surface area contributed by atoms with E-state index in [0.717, 1.165) is 5.69 Å². The van der Waals surface area contributed by atoms with Crippen molar-refractivity contribution < 1.29 is 14.3 Å². The van der Waals surface area contributed by atoms with Crippen LogP contribution in [0.2, 0.25) is 0 Å². The van der Waals surface area contributed by atoms with Gasteiger partial charge >= 0.3 is 5.97 Å². The van der Waals surface area contributed by atoms with Crippen LogP contribution in [-0.4, -0.2) is 39.9 Å². The first-order valence-electron chi connectivity index (χ1n) is 7.32. The predicted molar refractivity (Wildman–Crippen MR) is 85.6 cm³/mol. The van der Waals surface area contributed by atoms with E-state index in [1.54, 1.807) is 0 Å². The fraction of sp³-hybridized carbons (Fsp3) is 0.375. The molecule has 0 spiro atoms. The van der Waals surface area contributed by atoms with E-state index in [1.165, 1.54) is 18.7 Å². The fourth-order valence-corrected chi connectivity index (χ4v) is 2.17. The van der Waals surface area contributed by atoms with Gasteiger partial charge in [-0.1, -0.05) is 37.3 Å². The lowest BCUT2D eigenvalue weighted by atomic mass is 10.0. The maximum absolute atomic E-state index is 12.0. The summed E-state index contributed by atoms with van der Waals surface area (Å²) in [5.41, 5.74) is 0.922. The molecule has 1 atom stereocenters. The third-order valence-corrected chi connectivity index (χ3v) is 3.42. The predicted octanol–water partition coefficient (Wildman–Crippen LogP) is 2.08. The molecule has 7 nitrogen and oxygen atoms in total. The topological polar surface area (TPSA) is 86.1 Å². The lowest BCUT2D eigenvalue weighted by Crippen LogP contribution is -2.36. The van der Waals surface area contributed by atoms with Gasteiger partial charge in [0.25, 0.3) is 0 Å². The van der Waals surface area contributed by atoms with Gasteiger partial charge in [-0.25, -0.2) is 4.79 Å². The Hall–Kier alpha value is -2.70. The van der Waals surface area contributed by atoms with Crippen LogP contribution in [0, 0.1) is 5.92 Å². The number of Topliss-reactive ketones (excluding diaryl/α,β-unsaturated/α-hetero) is 1. The lowest BCUT2D eigenvalue weighted by molar-refractivity contribution is -0.142. The number of ketones is 1. The van der Waals surface area contributed by atoms with Crippen LogP contribution in [0.5, 0.6) is 0 Å². The molecule has 23 heavy (non-hydrogen) atoms. The number of carbonyl (C=O) groups excluding carboxylic acids is 2. The van der Waals surface area contributed by atoms with Crippen molar-refractivity contribution in [3.63, 3.8) is 0 Å². The molecule has 122 valence electrons. The van der Waals surface area contributed by atoms with Crippen LogP contribution in [-0.2, 0) is 9.53 Å². The number of benzene rings is 1. The van der Waals surface area contributed by atoms with Gasteiger partial charge in [-0.05, 0) is 18.1 Å². The van der Waals surface area contributed by atoms with Crippen LogP contribution in [0.25, 0.3) is 5.69 Å². The Morgan fingerprint density at radius 3 is 2.39 bits per heavy atom. The summed E-state index contributed by atoms with van der Waals surface area (Å²) < 4.78 is 6.34. The van der Waals surface area contributed by atoms with E-state index in [0.29, 0.717) is 5.82 Å². The molecule has 0 bridgehead atoms. The number of anilines is 1. The molecular weight excluding hydrogens is 296 g/mol. The molecule has 0 aliphatic rings. The Balaban J connectivity index is 2.48. The zero-order valence-corrected chi connectivity index (χ0v) is 13.6. The van der Waals surface area contributed by atoms with Crippen molar-refractivity contribution in [1.82, 2.24) is 15.0 Å². The average Bonchev–Trinajstić information content (AvgIpc) is 2.96. The maximum Gasteiger partial charge on any atom is 0.328 e. The zero-order valence-electron chi connectivity index (χ0n) is 13.6. The minimum absolute atomic E-state index is 0.0404. The highest BCUT2D eigenvalue weighted by Crippen LogP contribution is 2.21. The molecule has 0 aliphatic heterocycles. The zero-order chi connectivity index (χ0) is 17.0. The number of rotatable bonds is 6. The smallest absolute Gasteiger partial charge is 0.328 e. The Kier molecular flexibility index (Phi) is 5.10. The molecule has 7 heteroatoms. The van der Waals surface area contributed by atoms with Crippen LogP contribution < -0.4 is 5.32 Å². The number of para-hydroxylation sites is 1. The second-order valence-corrected chi connectivity index (χ2v) is 5.48. The van der Waals surface area contributed by atoms with Gasteiger partial charge in [0, 0.05) is 6.92 Å². The van der Waals surface area contributed by atoms with Crippen molar-refractivity contribution >= 4 is 17.6 Å². The maximum atomic E-state index is 12.0. The van der Waals surface area contributed by atoms with Crippen molar-refractivity contribution in [3.05, 3.63) is 36.0 Å². The van der Waals surface area contributed by atoms with E-state index in [9.17, 15) is 9.59 Å². The molecule has 0 saturated carbocycles. The third-order valence-electron chi connectivity index (χ3n) is 3.42. The largest absolute Gasteiger partial charge is 0.467 e. The van der Waals surface area contributed by atoms with Gasteiger partial charge in [0.1, 0.15) is 6.04 Å². The summed E-state index contributed by atoms with van der Waals surface area (Å²) in [6.45, 7) is 5.18. The van der Waals surface area contributed by atoms with Crippen LogP contribution in [0.15, 0.2) is 30.3 Å². The first-order valence-corrected chi connectivity index (χ1v) is 7.32. The fourth-order valence-electron chi connectivity index (χ4n) is 2.17. The minimum atomic E-state index is -0.612. The van der Waals surface area contributed by atoms with Crippen molar-refractivity contribution in [2.45, 2.75) is 26.8 Å². The van der Waals surface area contributed by atoms with Crippen LogP contribution in [0.3, 0.4) is 0 Å². The Morgan fingerprint density at radius 2 is 1.87 bits per heavy atom. The molecule has 2 rings (SSSR count). The third kappa shape index (κ3) is 3.56. The molecule has 0 unspecified atom stereocenters. The normalized spacial score (nSPS) is 12.0. The number of nitrogens with one attached hydrogen (secondary N) is 1. The first-order chi connectivity index (χ1) is 11.0. The van der Waals surface area contributed by atoms with E-state index in [-0.39, 0.29) is 17.4 Å². The molecule has 1 N–H and O–H groups in total. The van der Waals surface area contributed by atoms with E-state index in [4.69, 9.17) is 4.74 Å². The molecule has 0 amide bonds. The molecule has 1 aromatic carbocycles. The molecule has 0 saturated heterocycles. The van der Waals surface area contributed by atoms with Gasteiger partial charge in [-0.2, -0.15) is 4.68 Å². The summed E-state index contributed by atoms with van der Waals surface area (Å²) in [7, 11) is 1.33. The highest BCUT2D eigenvalue weighted by atomic mass is 16.5. The highest BCUT2D eigenvalue weighted by Gasteiger charge is 2.27. The SMILES string of the molecule is COC(=O)[C@H](Nc1c(C(C)=O)nnn1-c1ccccc1)C(C)C. The summed E-state index contributed by atoms with van der Waals surface area (Å²) in [6.07, 6.45) is 0. The van der Waals surface area contributed by atoms with Crippen LogP contribution >= 0.6 is 0 Å². The number of ether oxygens (including phenoxy) is 1. The first kappa shape index (κ1) is 16.7. The van der Waals surface area contributed by atoms with Crippen molar-refractivity contribution in [1.29, 1.82) is 0 Å². The lowest BCUT2D eigenvalue weighted by Gasteiger charge is -2.21. The average molecular weight is 316 g/mol. The Morgan fingerprint density at radius 1 is 1.22 bits per heavy atom. The standard InChI is InChI=1S/C16H20N4O3/c1-10(2)13(16(22)23-4)17-15-14(11(3)21)18-19-20(15)12-8-6-5-7-9-12/h5-10,13,17H,1-4H3/t13-/m1/s1. The molecule has 0 fully saturated rings. The summed E-state index contributed by atoms with van der Waals surface area (Å²) in [5, 5.41) is 11.0. The summed E-state index contributed by atoms with van der Waals surface area (Å²) in [4.78, 5) is 23.8. The van der Waals surface area contributed by atoms with Gasteiger partial charge in [0.15, 0.2) is 17.3 Å². The second-order valence-electron chi connectivity index (χ2n) is 5.48.